The van der Waals surface area contributed by atoms with Crippen LogP contribution in [0.5, 0.6) is 0 Å². The van der Waals surface area contributed by atoms with Crippen LogP contribution < -0.4 is 0 Å². The first-order valence-corrected chi connectivity index (χ1v) is 9.26. The average Bonchev–Trinajstić information content (AvgIpc) is 3.30. The summed E-state index contributed by atoms with van der Waals surface area (Å²) in [7, 11) is 0. The lowest BCUT2D eigenvalue weighted by Crippen LogP contribution is -2.28. The van der Waals surface area contributed by atoms with Crippen molar-refractivity contribution in [1.29, 1.82) is 0 Å². The molecule has 0 radical (unpaired) electrons. The van der Waals surface area contributed by atoms with Crippen molar-refractivity contribution in [3.8, 4) is 0 Å². The van der Waals surface area contributed by atoms with Gasteiger partial charge in [-0.1, -0.05) is 35.9 Å². The zero-order valence-electron chi connectivity index (χ0n) is 14.3. The fourth-order valence-corrected chi connectivity index (χ4v) is 3.98. The van der Waals surface area contributed by atoms with E-state index in [1.807, 2.05) is 18.3 Å². The number of hydrogen-bond donors (Lipinski definition) is 2. The molecule has 0 spiro atoms. The molecule has 0 saturated heterocycles. The summed E-state index contributed by atoms with van der Waals surface area (Å²) < 4.78 is 0. The fraction of sp³-hybridized carbons (Fsp3) is 0.190. The summed E-state index contributed by atoms with van der Waals surface area (Å²) in [5.41, 5.74) is 5.94. The quantitative estimate of drug-likeness (QED) is 0.539. The summed E-state index contributed by atoms with van der Waals surface area (Å²) in [5.74, 6) is 0. The maximum absolute atomic E-state index is 6.24. The van der Waals surface area contributed by atoms with E-state index >= 15 is 0 Å². The highest BCUT2D eigenvalue weighted by molar-refractivity contribution is 6.35. The second kappa shape index (κ2) is 6.31. The number of rotatable bonds is 3. The molecule has 1 aliphatic rings. The topological polar surface area (TPSA) is 47.7 Å². The third kappa shape index (κ3) is 2.71. The van der Waals surface area contributed by atoms with Crippen molar-refractivity contribution in [3.63, 3.8) is 0 Å². The van der Waals surface area contributed by atoms with Gasteiger partial charge in [-0.05, 0) is 47.2 Å². The number of para-hydroxylation sites is 1. The molecule has 1 aliphatic heterocycles. The van der Waals surface area contributed by atoms with Crippen molar-refractivity contribution >= 4 is 39.0 Å². The van der Waals surface area contributed by atoms with Gasteiger partial charge in [0.15, 0.2) is 0 Å². The summed E-state index contributed by atoms with van der Waals surface area (Å²) in [6, 6.07) is 14.7. The molecule has 2 aromatic heterocycles. The summed E-state index contributed by atoms with van der Waals surface area (Å²) in [6.07, 6.45) is 5.39. The summed E-state index contributed by atoms with van der Waals surface area (Å²) in [4.78, 5) is 5.68. The number of hydrogen-bond acceptors (Lipinski definition) is 2. The Kier molecular flexibility index (Phi) is 3.80. The van der Waals surface area contributed by atoms with E-state index in [0.29, 0.717) is 0 Å². The van der Waals surface area contributed by atoms with Crippen LogP contribution in [0.1, 0.15) is 17.7 Å². The fourth-order valence-electron chi connectivity index (χ4n) is 3.76. The van der Waals surface area contributed by atoms with Crippen molar-refractivity contribution in [2.45, 2.75) is 13.0 Å². The highest BCUT2D eigenvalue weighted by Crippen LogP contribution is 2.28. The van der Waals surface area contributed by atoms with E-state index in [4.69, 9.17) is 11.6 Å². The van der Waals surface area contributed by atoms with Gasteiger partial charge in [0.1, 0.15) is 0 Å². The molecular formula is C21H19ClN4. The molecule has 0 fully saturated rings. The average molecular weight is 363 g/mol. The molecule has 0 bridgehead atoms. The molecule has 0 atom stereocenters. The summed E-state index contributed by atoms with van der Waals surface area (Å²) in [5, 5.41) is 10.7. The van der Waals surface area contributed by atoms with Crippen molar-refractivity contribution in [2.75, 3.05) is 13.1 Å². The first kappa shape index (κ1) is 15.7. The highest BCUT2D eigenvalue weighted by Gasteiger charge is 2.16. The Hall–Kier alpha value is -2.56. The number of nitrogens with one attached hydrogen (secondary N) is 2. The minimum atomic E-state index is 0.724. The van der Waals surface area contributed by atoms with E-state index in [0.717, 1.165) is 47.7 Å². The zero-order valence-corrected chi connectivity index (χ0v) is 15.1. The Bertz CT molecular complexity index is 1120. The predicted octanol–water partition coefficient (Wildman–Crippen LogP) is 4.99. The molecule has 5 rings (SSSR count). The largest absolute Gasteiger partial charge is 0.361 e. The van der Waals surface area contributed by atoms with E-state index < -0.39 is 0 Å². The van der Waals surface area contributed by atoms with Gasteiger partial charge in [-0.15, -0.1) is 0 Å². The molecule has 0 unspecified atom stereocenters. The monoisotopic (exact) mass is 362 g/mol. The summed E-state index contributed by atoms with van der Waals surface area (Å²) in [6.45, 7) is 2.81. The van der Waals surface area contributed by atoms with E-state index in [9.17, 15) is 0 Å². The van der Waals surface area contributed by atoms with Gasteiger partial charge in [-0.3, -0.25) is 10.00 Å². The first-order chi connectivity index (χ1) is 12.8. The molecular weight excluding hydrogens is 344 g/mol. The van der Waals surface area contributed by atoms with Crippen LogP contribution in [-0.4, -0.2) is 33.2 Å². The smallest absolute Gasteiger partial charge is 0.0841 e. The SMILES string of the molecule is Clc1cccc2c(CN3CC=C(c4ccc5[nH]ccc5c4)CC3)n[nH]c12. The van der Waals surface area contributed by atoms with E-state index in [1.165, 1.54) is 22.0 Å². The van der Waals surface area contributed by atoms with E-state index in [1.54, 1.807) is 0 Å². The van der Waals surface area contributed by atoms with Crippen LogP contribution in [0.3, 0.4) is 0 Å². The maximum Gasteiger partial charge on any atom is 0.0841 e. The molecule has 130 valence electrons. The molecule has 0 saturated carbocycles. The van der Waals surface area contributed by atoms with Crippen molar-refractivity contribution in [3.05, 3.63) is 71.0 Å². The van der Waals surface area contributed by atoms with Gasteiger partial charge in [0.05, 0.1) is 16.2 Å². The Morgan fingerprint density at radius 1 is 1.15 bits per heavy atom. The molecule has 4 aromatic rings. The number of halogens is 1. The second-order valence-corrected chi connectivity index (χ2v) is 7.23. The summed E-state index contributed by atoms with van der Waals surface area (Å²) >= 11 is 6.24. The highest BCUT2D eigenvalue weighted by atomic mass is 35.5. The van der Waals surface area contributed by atoms with Crippen molar-refractivity contribution in [1.82, 2.24) is 20.1 Å². The molecule has 2 aromatic carbocycles. The zero-order chi connectivity index (χ0) is 17.5. The van der Waals surface area contributed by atoms with Crippen LogP contribution in [0.25, 0.3) is 27.4 Å². The minimum absolute atomic E-state index is 0.724. The van der Waals surface area contributed by atoms with Gasteiger partial charge in [0.25, 0.3) is 0 Å². The first-order valence-electron chi connectivity index (χ1n) is 8.88. The van der Waals surface area contributed by atoms with Crippen LogP contribution in [0.2, 0.25) is 5.02 Å². The number of aromatic amines is 2. The van der Waals surface area contributed by atoms with Crippen LogP contribution in [-0.2, 0) is 6.54 Å². The number of benzene rings is 2. The van der Waals surface area contributed by atoms with E-state index in [2.05, 4.69) is 56.5 Å². The molecule has 2 N–H and O–H groups in total. The predicted molar refractivity (Wildman–Crippen MR) is 107 cm³/mol. The van der Waals surface area contributed by atoms with Gasteiger partial charge >= 0.3 is 0 Å². The number of aromatic nitrogens is 3. The Morgan fingerprint density at radius 2 is 2.12 bits per heavy atom. The molecule has 0 amide bonds. The molecule has 5 heteroatoms. The lowest BCUT2D eigenvalue weighted by molar-refractivity contribution is 0.291. The van der Waals surface area contributed by atoms with Gasteiger partial charge in [0, 0.05) is 36.7 Å². The lowest BCUT2D eigenvalue weighted by Gasteiger charge is -2.26. The Morgan fingerprint density at radius 3 is 3.00 bits per heavy atom. The maximum atomic E-state index is 6.24. The number of fused-ring (bicyclic) bond motifs is 2. The standard InChI is InChI=1S/C21H19ClN4/c22-18-3-1-2-17-20(24-25-21(17)18)13-26-10-7-14(8-11-26)15-4-5-19-16(12-15)6-9-23-19/h1-7,9,12,23H,8,10-11,13H2,(H,24,25). The Balaban J connectivity index is 1.35. The lowest BCUT2D eigenvalue weighted by atomic mass is 9.98. The van der Waals surface area contributed by atoms with Gasteiger partial charge < -0.3 is 4.98 Å². The van der Waals surface area contributed by atoms with Crippen molar-refractivity contribution in [2.24, 2.45) is 0 Å². The minimum Gasteiger partial charge on any atom is -0.361 e. The van der Waals surface area contributed by atoms with Gasteiger partial charge in [-0.25, -0.2) is 0 Å². The van der Waals surface area contributed by atoms with Crippen LogP contribution >= 0.6 is 11.6 Å². The van der Waals surface area contributed by atoms with Crippen LogP contribution in [0, 0.1) is 0 Å². The number of nitrogens with zero attached hydrogens (tertiary/aromatic N) is 2. The molecule has 3 heterocycles. The molecule has 26 heavy (non-hydrogen) atoms. The molecule has 0 aliphatic carbocycles. The molecule has 4 nitrogen and oxygen atoms in total. The second-order valence-electron chi connectivity index (χ2n) is 6.83. The van der Waals surface area contributed by atoms with Gasteiger partial charge in [0.2, 0.25) is 0 Å². The number of H-pyrrole nitrogens is 2. The normalized spacial score (nSPS) is 15.7. The third-order valence-corrected chi connectivity index (χ3v) is 5.53. The third-order valence-electron chi connectivity index (χ3n) is 5.22. The van der Waals surface area contributed by atoms with E-state index in [-0.39, 0.29) is 0 Å². The van der Waals surface area contributed by atoms with Crippen LogP contribution in [0.4, 0.5) is 0 Å². The van der Waals surface area contributed by atoms with Crippen LogP contribution in [0.15, 0.2) is 54.7 Å². The van der Waals surface area contributed by atoms with Gasteiger partial charge in [-0.2, -0.15) is 5.10 Å². The van der Waals surface area contributed by atoms with Crippen molar-refractivity contribution < 1.29 is 0 Å². The Labute approximate surface area is 156 Å².